The van der Waals surface area contributed by atoms with Crippen molar-refractivity contribution in [2.24, 2.45) is 0 Å². The fourth-order valence-corrected chi connectivity index (χ4v) is 3.28. The van der Waals surface area contributed by atoms with E-state index in [1.807, 2.05) is 36.7 Å². The topological polar surface area (TPSA) is 46.9 Å². The van der Waals surface area contributed by atoms with E-state index in [4.69, 9.17) is 0 Å². The van der Waals surface area contributed by atoms with E-state index in [1.54, 1.807) is 0 Å². The summed E-state index contributed by atoms with van der Waals surface area (Å²) in [6, 6.07) is 18.6. The molecule has 0 aliphatic carbocycles. The van der Waals surface area contributed by atoms with Gasteiger partial charge in [-0.1, -0.05) is 67.1 Å². The maximum atomic E-state index is 12.8. The van der Waals surface area contributed by atoms with Crippen LogP contribution in [0.15, 0.2) is 54.6 Å². The molecule has 0 saturated heterocycles. The first-order valence-corrected chi connectivity index (χ1v) is 9.38. The lowest BCUT2D eigenvalue weighted by Crippen LogP contribution is -2.28. The molecule has 1 amide bonds. The number of benzene rings is 2. The molecule has 0 aliphatic heterocycles. The molecule has 4 heteroatoms. The zero-order chi connectivity index (χ0) is 19.4. The molecule has 2 aromatic carbocycles. The lowest BCUT2D eigenvalue weighted by Gasteiger charge is -2.13. The van der Waals surface area contributed by atoms with Crippen molar-refractivity contribution in [3.63, 3.8) is 0 Å². The predicted molar refractivity (Wildman–Crippen MR) is 109 cm³/mol. The van der Waals surface area contributed by atoms with Crippen molar-refractivity contribution in [1.29, 1.82) is 0 Å². The van der Waals surface area contributed by atoms with Gasteiger partial charge in [0.25, 0.3) is 5.91 Å². The van der Waals surface area contributed by atoms with Gasteiger partial charge in [0.1, 0.15) is 0 Å². The molecule has 0 unspecified atom stereocenters. The van der Waals surface area contributed by atoms with Crippen molar-refractivity contribution in [1.82, 2.24) is 15.1 Å². The zero-order valence-electron chi connectivity index (χ0n) is 16.5. The molecule has 1 aromatic heterocycles. The highest BCUT2D eigenvalue weighted by Gasteiger charge is 2.19. The molecule has 0 spiro atoms. The fourth-order valence-electron chi connectivity index (χ4n) is 3.28. The Morgan fingerprint density at radius 3 is 2.37 bits per heavy atom. The van der Waals surface area contributed by atoms with Crippen molar-refractivity contribution in [2.45, 2.75) is 40.2 Å². The minimum Gasteiger partial charge on any atom is -0.351 e. The number of amides is 1. The maximum absolute atomic E-state index is 12.8. The summed E-state index contributed by atoms with van der Waals surface area (Å²) in [7, 11) is 0. The van der Waals surface area contributed by atoms with Crippen LogP contribution in [0, 0.1) is 20.8 Å². The third kappa shape index (κ3) is 4.45. The zero-order valence-corrected chi connectivity index (χ0v) is 16.5. The average Bonchev–Trinajstić information content (AvgIpc) is 2.95. The van der Waals surface area contributed by atoms with Crippen LogP contribution in [-0.2, 0) is 6.54 Å². The van der Waals surface area contributed by atoms with Crippen molar-refractivity contribution < 1.29 is 4.79 Å². The molecule has 1 N–H and O–H groups in total. The van der Waals surface area contributed by atoms with Gasteiger partial charge in [0, 0.05) is 12.2 Å². The molecular weight excluding hydrogens is 334 g/mol. The first-order valence-electron chi connectivity index (χ1n) is 9.38. The Hall–Kier alpha value is -2.88. The lowest BCUT2D eigenvalue weighted by molar-refractivity contribution is 0.0950. The average molecular weight is 361 g/mol. The van der Waals surface area contributed by atoms with E-state index in [2.05, 4.69) is 60.7 Å². The van der Waals surface area contributed by atoms with Gasteiger partial charge in [-0.25, -0.2) is 0 Å². The molecule has 3 rings (SSSR count). The predicted octanol–water partition coefficient (Wildman–Crippen LogP) is 4.39. The number of hydrogen-bond donors (Lipinski definition) is 1. The summed E-state index contributed by atoms with van der Waals surface area (Å²) >= 11 is 0. The Kier molecular flexibility index (Phi) is 5.75. The van der Waals surface area contributed by atoms with Gasteiger partial charge in [-0.15, -0.1) is 0 Å². The van der Waals surface area contributed by atoms with Gasteiger partial charge in [-0.3, -0.25) is 9.48 Å². The Bertz CT molecular complexity index is 911. The van der Waals surface area contributed by atoms with Gasteiger partial charge in [0.05, 0.1) is 17.8 Å². The van der Waals surface area contributed by atoms with Gasteiger partial charge < -0.3 is 5.32 Å². The SMILES string of the molecule is Cc1ccc(Cn2nc(C)c(C(=O)NC[C@H](C)c3ccccc3)c2C)cc1. The van der Waals surface area contributed by atoms with E-state index < -0.39 is 0 Å². The molecule has 1 atom stereocenters. The van der Waals surface area contributed by atoms with Crippen LogP contribution in [0.2, 0.25) is 0 Å². The number of aromatic nitrogens is 2. The number of nitrogens with one attached hydrogen (secondary N) is 1. The molecule has 3 aromatic rings. The van der Waals surface area contributed by atoms with E-state index in [1.165, 1.54) is 16.7 Å². The van der Waals surface area contributed by atoms with Gasteiger partial charge in [0.2, 0.25) is 0 Å². The van der Waals surface area contributed by atoms with E-state index >= 15 is 0 Å². The quantitative estimate of drug-likeness (QED) is 0.708. The molecule has 27 heavy (non-hydrogen) atoms. The van der Waals surface area contributed by atoms with Crippen molar-refractivity contribution in [3.05, 3.63) is 88.2 Å². The van der Waals surface area contributed by atoms with E-state index in [0.29, 0.717) is 18.7 Å². The molecule has 4 nitrogen and oxygen atoms in total. The Labute approximate surface area is 161 Å². The van der Waals surface area contributed by atoms with Gasteiger partial charge >= 0.3 is 0 Å². The normalized spacial score (nSPS) is 12.0. The Morgan fingerprint density at radius 2 is 1.70 bits per heavy atom. The standard InChI is InChI=1S/C23H27N3O/c1-16-10-12-20(13-11-16)15-26-19(4)22(18(3)25-26)23(27)24-14-17(2)21-8-6-5-7-9-21/h5-13,17H,14-15H2,1-4H3,(H,24,27)/t17-/m0/s1. The highest BCUT2D eigenvalue weighted by molar-refractivity contribution is 5.96. The second-order valence-corrected chi connectivity index (χ2v) is 7.21. The monoisotopic (exact) mass is 361 g/mol. The Morgan fingerprint density at radius 1 is 1.04 bits per heavy atom. The second-order valence-electron chi connectivity index (χ2n) is 7.21. The smallest absolute Gasteiger partial charge is 0.255 e. The third-order valence-corrected chi connectivity index (χ3v) is 5.00. The molecular formula is C23H27N3O. The van der Waals surface area contributed by atoms with Gasteiger partial charge in [-0.05, 0) is 37.8 Å². The van der Waals surface area contributed by atoms with Crippen LogP contribution < -0.4 is 5.32 Å². The molecule has 140 valence electrons. The van der Waals surface area contributed by atoms with Crippen molar-refractivity contribution in [2.75, 3.05) is 6.54 Å². The minimum atomic E-state index is -0.0528. The number of nitrogens with zero attached hydrogens (tertiary/aromatic N) is 2. The Balaban J connectivity index is 1.69. The van der Waals surface area contributed by atoms with Gasteiger partial charge in [-0.2, -0.15) is 5.10 Å². The molecule has 0 saturated carbocycles. The van der Waals surface area contributed by atoms with Crippen LogP contribution >= 0.6 is 0 Å². The molecule has 0 aliphatic rings. The van der Waals surface area contributed by atoms with Crippen LogP contribution in [-0.4, -0.2) is 22.2 Å². The number of carbonyl (C=O) groups is 1. The summed E-state index contributed by atoms with van der Waals surface area (Å²) in [5.41, 5.74) is 5.99. The summed E-state index contributed by atoms with van der Waals surface area (Å²) in [4.78, 5) is 12.8. The third-order valence-electron chi connectivity index (χ3n) is 5.00. The van der Waals surface area contributed by atoms with Crippen LogP contribution in [0.3, 0.4) is 0 Å². The number of carbonyl (C=O) groups excluding carboxylic acids is 1. The van der Waals surface area contributed by atoms with Crippen LogP contribution in [0.25, 0.3) is 0 Å². The van der Waals surface area contributed by atoms with Gasteiger partial charge in [0.15, 0.2) is 0 Å². The van der Waals surface area contributed by atoms with E-state index in [0.717, 1.165) is 11.4 Å². The molecule has 0 fully saturated rings. The molecule has 0 bridgehead atoms. The highest BCUT2D eigenvalue weighted by Crippen LogP contribution is 2.17. The van der Waals surface area contributed by atoms with Crippen LogP contribution in [0.5, 0.6) is 0 Å². The first kappa shape index (κ1) is 18.9. The molecule has 1 heterocycles. The lowest BCUT2D eigenvalue weighted by atomic mass is 10.0. The fraction of sp³-hybridized carbons (Fsp3) is 0.304. The minimum absolute atomic E-state index is 0.0528. The summed E-state index contributed by atoms with van der Waals surface area (Å²) in [6.45, 7) is 9.32. The summed E-state index contributed by atoms with van der Waals surface area (Å²) in [5, 5.41) is 7.66. The summed E-state index contributed by atoms with van der Waals surface area (Å²) < 4.78 is 1.91. The number of aryl methyl sites for hydroxylation is 2. The largest absolute Gasteiger partial charge is 0.351 e. The summed E-state index contributed by atoms with van der Waals surface area (Å²) in [6.07, 6.45) is 0. The first-order chi connectivity index (χ1) is 13.0. The maximum Gasteiger partial charge on any atom is 0.255 e. The second kappa shape index (κ2) is 8.21. The van der Waals surface area contributed by atoms with Crippen LogP contribution in [0.4, 0.5) is 0 Å². The number of rotatable bonds is 6. The van der Waals surface area contributed by atoms with Crippen molar-refractivity contribution in [3.8, 4) is 0 Å². The highest BCUT2D eigenvalue weighted by atomic mass is 16.1. The summed E-state index contributed by atoms with van der Waals surface area (Å²) in [5.74, 6) is 0.210. The van der Waals surface area contributed by atoms with E-state index in [9.17, 15) is 4.79 Å². The molecule has 0 radical (unpaired) electrons. The van der Waals surface area contributed by atoms with E-state index in [-0.39, 0.29) is 11.8 Å². The van der Waals surface area contributed by atoms with Crippen molar-refractivity contribution >= 4 is 5.91 Å². The number of hydrogen-bond acceptors (Lipinski definition) is 2. The van der Waals surface area contributed by atoms with Crippen LogP contribution in [0.1, 0.15) is 51.3 Å².